The van der Waals surface area contributed by atoms with Crippen molar-refractivity contribution in [3.63, 3.8) is 0 Å². The number of aromatic amines is 1. The van der Waals surface area contributed by atoms with Gasteiger partial charge >= 0.3 is 0 Å². The minimum atomic E-state index is 0.222. The molecule has 14 heavy (non-hydrogen) atoms. The van der Waals surface area contributed by atoms with E-state index in [9.17, 15) is 0 Å². The molecule has 1 heterocycles. The Morgan fingerprint density at radius 2 is 2.14 bits per heavy atom. The number of aromatic nitrogens is 3. The molecular formula is C10H17N3O. The van der Waals surface area contributed by atoms with Crippen LogP contribution in [0.4, 0.5) is 0 Å². The van der Waals surface area contributed by atoms with Crippen molar-refractivity contribution in [1.82, 2.24) is 15.2 Å². The number of H-pyrrole nitrogens is 1. The van der Waals surface area contributed by atoms with Crippen molar-refractivity contribution in [2.45, 2.75) is 44.4 Å². The van der Waals surface area contributed by atoms with E-state index in [1.165, 1.54) is 25.7 Å². The summed E-state index contributed by atoms with van der Waals surface area (Å²) in [5.74, 6) is 2.48. The Morgan fingerprint density at radius 3 is 2.86 bits per heavy atom. The minimum Gasteiger partial charge on any atom is -0.396 e. The van der Waals surface area contributed by atoms with Crippen molar-refractivity contribution in [1.29, 1.82) is 0 Å². The Hall–Kier alpha value is -0.900. The summed E-state index contributed by atoms with van der Waals surface area (Å²) in [5.41, 5.74) is 0. The molecule has 4 nitrogen and oxygen atoms in total. The number of hydrogen-bond acceptors (Lipinski definition) is 3. The molecule has 4 heteroatoms. The zero-order chi connectivity index (χ0) is 9.80. The first kappa shape index (κ1) is 9.65. The average Bonchev–Trinajstić information content (AvgIpc) is 2.85. The minimum absolute atomic E-state index is 0.222. The van der Waals surface area contributed by atoms with Crippen LogP contribution in [0.2, 0.25) is 0 Å². The Balaban J connectivity index is 1.94. The summed E-state index contributed by atoms with van der Waals surface area (Å²) in [7, 11) is 0. The molecule has 2 N–H and O–H groups in total. The maximum absolute atomic E-state index is 8.68. The summed E-state index contributed by atoms with van der Waals surface area (Å²) in [6.45, 7) is 0.222. The number of aliphatic hydroxyl groups excluding tert-OH is 1. The number of aliphatic hydroxyl groups is 1. The lowest BCUT2D eigenvalue weighted by Gasteiger charge is -2.00. The third kappa shape index (κ3) is 2.12. The molecule has 1 aromatic rings. The molecule has 0 unspecified atom stereocenters. The molecule has 0 spiro atoms. The molecule has 1 fully saturated rings. The second-order valence-corrected chi connectivity index (χ2v) is 3.95. The van der Waals surface area contributed by atoms with Crippen molar-refractivity contribution < 1.29 is 5.11 Å². The van der Waals surface area contributed by atoms with Gasteiger partial charge in [0.05, 0.1) is 0 Å². The first-order valence-corrected chi connectivity index (χ1v) is 5.42. The molecule has 0 atom stereocenters. The van der Waals surface area contributed by atoms with E-state index in [0.717, 1.165) is 24.5 Å². The molecule has 1 aromatic heterocycles. The fraction of sp³-hybridized carbons (Fsp3) is 0.800. The summed E-state index contributed by atoms with van der Waals surface area (Å²) >= 11 is 0. The van der Waals surface area contributed by atoms with Gasteiger partial charge in [-0.15, -0.1) is 0 Å². The molecule has 1 aliphatic carbocycles. The van der Waals surface area contributed by atoms with E-state index >= 15 is 0 Å². The lowest BCUT2D eigenvalue weighted by Crippen LogP contribution is -1.95. The van der Waals surface area contributed by atoms with Crippen molar-refractivity contribution in [3.8, 4) is 0 Å². The van der Waals surface area contributed by atoms with Crippen LogP contribution in [-0.4, -0.2) is 26.9 Å². The van der Waals surface area contributed by atoms with Crippen LogP contribution in [-0.2, 0) is 6.42 Å². The smallest absolute Gasteiger partial charge is 0.153 e. The van der Waals surface area contributed by atoms with Crippen LogP contribution >= 0.6 is 0 Å². The lowest BCUT2D eigenvalue weighted by atomic mass is 10.1. The van der Waals surface area contributed by atoms with E-state index in [4.69, 9.17) is 5.11 Å². The Bertz CT molecular complexity index is 279. The highest BCUT2D eigenvalue weighted by Gasteiger charge is 2.20. The van der Waals surface area contributed by atoms with Crippen LogP contribution in [0.5, 0.6) is 0 Å². The lowest BCUT2D eigenvalue weighted by molar-refractivity contribution is 0.287. The number of hydrogen-bond donors (Lipinski definition) is 2. The van der Waals surface area contributed by atoms with E-state index < -0.39 is 0 Å². The Morgan fingerprint density at radius 1 is 1.36 bits per heavy atom. The number of nitrogens with zero attached hydrogens (tertiary/aromatic N) is 2. The van der Waals surface area contributed by atoms with Gasteiger partial charge in [0, 0.05) is 18.9 Å². The van der Waals surface area contributed by atoms with Crippen molar-refractivity contribution in [2.24, 2.45) is 0 Å². The highest BCUT2D eigenvalue weighted by molar-refractivity contribution is 4.99. The van der Waals surface area contributed by atoms with E-state index in [1.54, 1.807) is 0 Å². The molecule has 0 radical (unpaired) electrons. The fourth-order valence-corrected chi connectivity index (χ4v) is 2.03. The van der Waals surface area contributed by atoms with Gasteiger partial charge in [-0.25, -0.2) is 4.98 Å². The van der Waals surface area contributed by atoms with E-state index in [1.807, 2.05) is 0 Å². The number of aryl methyl sites for hydroxylation is 1. The second-order valence-electron chi connectivity index (χ2n) is 3.95. The van der Waals surface area contributed by atoms with Crippen molar-refractivity contribution in [3.05, 3.63) is 11.6 Å². The second kappa shape index (κ2) is 4.55. The van der Waals surface area contributed by atoms with Gasteiger partial charge in [0.25, 0.3) is 0 Å². The third-order valence-electron chi connectivity index (χ3n) is 2.84. The maximum atomic E-state index is 8.68. The number of rotatable bonds is 4. The highest BCUT2D eigenvalue weighted by atomic mass is 16.2. The fourth-order valence-electron chi connectivity index (χ4n) is 2.03. The van der Waals surface area contributed by atoms with Crippen LogP contribution in [0.3, 0.4) is 0 Å². The molecule has 0 saturated heterocycles. The van der Waals surface area contributed by atoms with Crippen LogP contribution in [0.25, 0.3) is 0 Å². The molecule has 1 aliphatic rings. The topological polar surface area (TPSA) is 61.8 Å². The van der Waals surface area contributed by atoms with E-state index in [2.05, 4.69) is 15.2 Å². The molecule has 1 saturated carbocycles. The van der Waals surface area contributed by atoms with Crippen LogP contribution in [0.1, 0.15) is 49.7 Å². The predicted octanol–water partition coefficient (Wildman–Crippen LogP) is 1.39. The first-order chi connectivity index (χ1) is 6.90. The third-order valence-corrected chi connectivity index (χ3v) is 2.84. The van der Waals surface area contributed by atoms with Gasteiger partial charge in [-0.1, -0.05) is 12.8 Å². The van der Waals surface area contributed by atoms with Gasteiger partial charge in [0.1, 0.15) is 5.82 Å². The van der Waals surface area contributed by atoms with Crippen LogP contribution < -0.4 is 0 Å². The average molecular weight is 195 g/mol. The maximum Gasteiger partial charge on any atom is 0.153 e. The van der Waals surface area contributed by atoms with Gasteiger partial charge in [0.15, 0.2) is 5.82 Å². The predicted molar refractivity (Wildman–Crippen MR) is 53.0 cm³/mol. The zero-order valence-corrected chi connectivity index (χ0v) is 8.37. The van der Waals surface area contributed by atoms with Gasteiger partial charge in [-0.3, -0.25) is 5.10 Å². The summed E-state index contributed by atoms with van der Waals surface area (Å²) in [4.78, 5) is 4.45. The molecule has 0 bridgehead atoms. The van der Waals surface area contributed by atoms with Gasteiger partial charge in [-0.05, 0) is 19.3 Å². The zero-order valence-electron chi connectivity index (χ0n) is 8.37. The van der Waals surface area contributed by atoms with Crippen molar-refractivity contribution in [2.75, 3.05) is 6.61 Å². The Labute approximate surface area is 83.8 Å². The van der Waals surface area contributed by atoms with E-state index in [0.29, 0.717) is 5.92 Å². The normalized spacial score (nSPS) is 17.8. The van der Waals surface area contributed by atoms with Crippen molar-refractivity contribution >= 4 is 0 Å². The molecular weight excluding hydrogens is 178 g/mol. The largest absolute Gasteiger partial charge is 0.396 e. The van der Waals surface area contributed by atoms with Gasteiger partial charge in [0.2, 0.25) is 0 Å². The monoisotopic (exact) mass is 195 g/mol. The quantitative estimate of drug-likeness (QED) is 0.763. The SMILES string of the molecule is OCCCc1nc(C2CCCC2)n[nH]1. The summed E-state index contributed by atoms with van der Waals surface area (Å²) in [5, 5.41) is 15.9. The molecule has 0 aromatic carbocycles. The highest BCUT2D eigenvalue weighted by Crippen LogP contribution is 2.31. The summed E-state index contributed by atoms with van der Waals surface area (Å²) in [6.07, 6.45) is 6.65. The molecule has 0 amide bonds. The first-order valence-electron chi connectivity index (χ1n) is 5.42. The summed E-state index contributed by atoms with van der Waals surface area (Å²) in [6, 6.07) is 0. The Kier molecular flexibility index (Phi) is 3.14. The van der Waals surface area contributed by atoms with Gasteiger partial charge in [-0.2, -0.15) is 5.10 Å². The number of nitrogens with one attached hydrogen (secondary N) is 1. The van der Waals surface area contributed by atoms with Crippen LogP contribution in [0.15, 0.2) is 0 Å². The molecule has 0 aliphatic heterocycles. The van der Waals surface area contributed by atoms with Crippen LogP contribution in [0, 0.1) is 0 Å². The standard InChI is InChI=1S/C10H17N3O/c14-7-3-6-9-11-10(13-12-9)8-4-1-2-5-8/h8,14H,1-7H2,(H,11,12,13). The molecule has 2 rings (SSSR count). The summed E-state index contributed by atoms with van der Waals surface area (Å²) < 4.78 is 0. The van der Waals surface area contributed by atoms with E-state index in [-0.39, 0.29) is 6.61 Å². The van der Waals surface area contributed by atoms with Gasteiger partial charge < -0.3 is 5.11 Å². The molecule has 78 valence electrons.